The molecule has 192 valence electrons. The molecule has 2 amide bonds. The zero-order valence-electron chi connectivity index (χ0n) is 19.9. The van der Waals surface area contributed by atoms with Gasteiger partial charge in [0.15, 0.2) is 0 Å². The Kier molecular flexibility index (Phi) is 9.75. The van der Waals surface area contributed by atoms with Crippen LogP contribution in [-0.4, -0.2) is 49.5 Å². The fraction of sp³-hybridized carbons (Fsp3) is 0.391. The van der Waals surface area contributed by atoms with Crippen LogP contribution in [0.2, 0.25) is 20.1 Å². The van der Waals surface area contributed by atoms with Crippen LogP contribution in [0.5, 0.6) is 0 Å². The average Bonchev–Trinajstić information content (AvgIpc) is 2.71. The van der Waals surface area contributed by atoms with Crippen molar-refractivity contribution >= 4 is 73.9 Å². The number of amides is 2. The molecule has 0 saturated carbocycles. The van der Waals surface area contributed by atoms with Gasteiger partial charge in [0.2, 0.25) is 21.8 Å². The lowest BCUT2D eigenvalue weighted by molar-refractivity contribution is -0.140. The van der Waals surface area contributed by atoms with E-state index >= 15 is 0 Å². The summed E-state index contributed by atoms with van der Waals surface area (Å²) in [6, 6.07) is 8.14. The van der Waals surface area contributed by atoms with Gasteiger partial charge in [0.1, 0.15) is 12.6 Å². The van der Waals surface area contributed by atoms with Crippen molar-refractivity contribution in [1.29, 1.82) is 0 Å². The molecular weight excluding hydrogens is 556 g/mol. The van der Waals surface area contributed by atoms with Crippen LogP contribution in [0, 0.1) is 0 Å². The van der Waals surface area contributed by atoms with Gasteiger partial charge in [0, 0.05) is 27.7 Å². The summed E-state index contributed by atoms with van der Waals surface area (Å²) in [7, 11) is -3.91. The molecule has 7 nitrogen and oxygen atoms in total. The van der Waals surface area contributed by atoms with Crippen molar-refractivity contribution < 1.29 is 18.0 Å². The third kappa shape index (κ3) is 8.15. The van der Waals surface area contributed by atoms with Crippen molar-refractivity contribution in [2.24, 2.45) is 0 Å². The van der Waals surface area contributed by atoms with Crippen LogP contribution in [0.1, 0.15) is 33.3 Å². The number of hydrogen-bond acceptors (Lipinski definition) is 4. The van der Waals surface area contributed by atoms with Gasteiger partial charge in [-0.1, -0.05) is 52.5 Å². The van der Waals surface area contributed by atoms with E-state index in [0.29, 0.717) is 15.6 Å². The van der Waals surface area contributed by atoms with Crippen molar-refractivity contribution in [1.82, 2.24) is 10.2 Å². The molecule has 0 heterocycles. The molecule has 0 aliphatic rings. The highest BCUT2D eigenvalue weighted by atomic mass is 35.5. The highest BCUT2D eigenvalue weighted by Crippen LogP contribution is 2.30. The lowest BCUT2D eigenvalue weighted by Gasteiger charge is -2.33. The van der Waals surface area contributed by atoms with Crippen LogP contribution in [0.25, 0.3) is 0 Å². The normalized spacial score (nSPS) is 12.7. The Balaban J connectivity index is 2.49. The monoisotopic (exact) mass is 581 g/mol. The van der Waals surface area contributed by atoms with Crippen LogP contribution >= 0.6 is 46.4 Å². The van der Waals surface area contributed by atoms with Crippen molar-refractivity contribution in [3.63, 3.8) is 0 Å². The minimum Gasteiger partial charge on any atom is -0.350 e. The van der Waals surface area contributed by atoms with Crippen LogP contribution in [0.15, 0.2) is 36.4 Å². The first-order valence-corrected chi connectivity index (χ1v) is 13.8. The molecule has 0 bridgehead atoms. The fourth-order valence-electron chi connectivity index (χ4n) is 3.16. The molecule has 12 heteroatoms. The summed E-state index contributed by atoms with van der Waals surface area (Å²) >= 11 is 24.7. The molecule has 0 fully saturated rings. The van der Waals surface area contributed by atoms with Crippen LogP contribution in [-0.2, 0) is 26.2 Å². The predicted octanol–water partition coefficient (Wildman–Crippen LogP) is 5.40. The van der Waals surface area contributed by atoms with Gasteiger partial charge < -0.3 is 10.2 Å². The van der Waals surface area contributed by atoms with Gasteiger partial charge in [0.25, 0.3) is 0 Å². The number of nitrogens with one attached hydrogen (secondary N) is 1. The van der Waals surface area contributed by atoms with Gasteiger partial charge >= 0.3 is 0 Å². The molecule has 1 N–H and O–H groups in total. The first-order valence-electron chi connectivity index (χ1n) is 10.5. The summed E-state index contributed by atoms with van der Waals surface area (Å²) in [6.07, 6.45) is 0.966. The van der Waals surface area contributed by atoms with Gasteiger partial charge in [0.05, 0.1) is 22.0 Å². The van der Waals surface area contributed by atoms with Gasteiger partial charge in [-0.25, -0.2) is 8.42 Å². The molecular formula is C23H27Cl4N3O4S. The van der Waals surface area contributed by atoms with Crippen LogP contribution in [0.4, 0.5) is 5.69 Å². The number of halogens is 4. The van der Waals surface area contributed by atoms with Crippen molar-refractivity contribution in [3.8, 4) is 0 Å². The average molecular weight is 583 g/mol. The molecule has 0 aliphatic carbocycles. The lowest BCUT2D eigenvalue weighted by Crippen LogP contribution is -2.54. The summed E-state index contributed by atoms with van der Waals surface area (Å²) in [6.45, 7) is 6.27. The smallest absolute Gasteiger partial charge is 0.244 e. The van der Waals surface area contributed by atoms with E-state index in [0.717, 1.165) is 10.6 Å². The van der Waals surface area contributed by atoms with Gasteiger partial charge in [-0.2, -0.15) is 0 Å². The van der Waals surface area contributed by atoms with Gasteiger partial charge in [-0.05, 0) is 58.0 Å². The Hall–Kier alpha value is -1.71. The number of nitrogens with zero attached hydrogens (tertiary/aromatic N) is 2. The molecule has 2 aromatic rings. The quantitative estimate of drug-likeness (QED) is 0.451. The molecule has 0 unspecified atom stereocenters. The molecule has 35 heavy (non-hydrogen) atoms. The molecule has 0 aliphatic heterocycles. The largest absolute Gasteiger partial charge is 0.350 e. The molecule has 0 radical (unpaired) electrons. The summed E-state index contributed by atoms with van der Waals surface area (Å²) in [5, 5.41) is 3.81. The van der Waals surface area contributed by atoms with E-state index in [1.165, 1.54) is 23.1 Å². The molecule has 0 aromatic heterocycles. The summed E-state index contributed by atoms with van der Waals surface area (Å²) < 4.78 is 26.1. The fourth-order valence-corrected chi connectivity index (χ4v) is 4.82. The SMILES string of the molecule is C[C@@H](C(=O)NC(C)(C)C)N(Cc1c(Cl)cccc1Cl)C(=O)CN(c1ccc(Cl)c(Cl)c1)S(C)(=O)=O. The highest BCUT2D eigenvalue weighted by molar-refractivity contribution is 7.92. The van der Waals surface area contributed by atoms with Gasteiger partial charge in [-0.3, -0.25) is 13.9 Å². The van der Waals surface area contributed by atoms with Crippen molar-refractivity contribution in [3.05, 3.63) is 62.1 Å². The van der Waals surface area contributed by atoms with E-state index in [-0.39, 0.29) is 22.3 Å². The topological polar surface area (TPSA) is 86.8 Å². The Labute approximate surface area is 226 Å². The zero-order valence-corrected chi connectivity index (χ0v) is 23.7. The number of carbonyl (C=O) groups is 2. The predicted molar refractivity (Wildman–Crippen MR) is 143 cm³/mol. The maximum Gasteiger partial charge on any atom is 0.244 e. The van der Waals surface area contributed by atoms with E-state index in [9.17, 15) is 18.0 Å². The third-order valence-corrected chi connectivity index (χ3v) is 7.51. The maximum atomic E-state index is 13.6. The maximum absolute atomic E-state index is 13.6. The first kappa shape index (κ1) is 29.5. The minimum atomic E-state index is -3.91. The third-order valence-electron chi connectivity index (χ3n) is 4.93. The van der Waals surface area contributed by atoms with E-state index < -0.39 is 40.0 Å². The Morgan fingerprint density at radius 2 is 1.54 bits per heavy atom. The first-order chi connectivity index (χ1) is 16.0. The lowest BCUT2D eigenvalue weighted by atomic mass is 10.1. The van der Waals surface area contributed by atoms with E-state index in [1.807, 2.05) is 20.8 Å². The number of rotatable bonds is 8. The zero-order chi connectivity index (χ0) is 26.7. The number of benzene rings is 2. The summed E-state index contributed by atoms with van der Waals surface area (Å²) in [5.41, 5.74) is 0.0267. The van der Waals surface area contributed by atoms with Crippen LogP contribution in [0.3, 0.4) is 0 Å². The number of anilines is 1. The Morgan fingerprint density at radius 1 is 0.971 bits per heavy atom. The van der Waals surface area contributed by atoms with Crippen molar-refractivity contribution in [2.45, 2.75) is 45.8 Å². The molecule has 2 rings (SSSR count). The van der Waals surface area contributed by atoms with E-state index in [1.54, 1.807) is 25.1 Å². The standard InChI is InChI=1S/C23H27Cl4N3O4S/c1-14(22(32)28-23(2,3)4)29(12-16-17(24)7-6-8-18(16)25)21(31)13-30(35(5,33)34)15-9-10-19(26)20(27)11-15/h6-11,14H,12-13H2,1-5H3,(H,28,32)/t14-/m0/s1. The summed E-state index contributed by atoms with van der Waals surface area (Å²) in [5.74, 6) is -1.07. The molecule has 1 atom stereocenters. The highest BCUT2D eigenvalue weighted by Gasteiger charge is 2.32. The number of hydrogen-bond donors (Lipinski definition) is 1. The second-order valence-electron chi connectivity index (χ2n) is 9.01. The molecule has 2 aromatic carbocycles. The van der Waals surface area contributed by atoms with E-state index in [2.05, 4.69) is 5.32 Å². The number of sulfonamides is 1. The minimum absolute atomic E-state index is 0.116. The molecule has 0 spiro atoms. The second kappa shape index (κ2) is 11.6. The van der Waals surface area contributed by atoms with E-state index in [4.69, 9.17) is 46.4 Å². The molecule has 0 saturated heterocycles. The Morgan fingerprint density at radius 3 is 2.03 bits per heavy atom. The van der Waals surface area contributed by atoms with Gasteiger partial charge in [-0.15, -0.1) is 0 Å². The van der Waals surface area contributed by atoms with Crippen LogP contribution < -0.4 is 9.62 Å². The van der Waals surface area contributed by atoms with Crippen molar-refractivity contribution in [2.75, 3.05) is 17.1 Å². The Bertz CT molecular complexity index is 1200. The number of carbonyl (C=O) groups excluding carboxylic acids is 2. The summed E-state index contributed by atoms with van der Waals surface area (Å²) in [4.78, 5) is 27.8. The second-order valence-corrected chi connectivity index (χ2v) is 12.5.